The zero-order valence-corrected chi connectivity index (χ0v) is 22.4. The van der Waals surface area contributed by atoms with E-state index in [0.717, 1.165) is 44.6 Å². The fourth-order valence-electron chi connectivity index (χ4n) is 4.35. The van der Waals surface area contributed by atoms with Gasteiger partial charge in [0.2, 0.25) is 5.91 Å². The van der Waals surface area contributed by atoms with Gasteiger partial charge >= 0.3 is 6.03 Å². The Bertz CT molecular complexity index is 1580. The normalized spacial score (nSPS) is 10.8. The largest absolute Gasteiger partial charge is 0.355 e. The molecule has 0 saturated heterocycles. The molecule has 0 fully saturated rings. The number of urea groups is 1. The molecule has 1 aromatic heterocycles. The smallest absolute Gasteiger partial charge is 0.330 e. The Hall–Kier alpha value is -4.56. The van der Waals surface area contributed by atoms with Crippen molar-refractivity contribution in [1.29, 1.82) is 0 Å². The molecule has 0 aliphatic rings. The lowest BCUT2D eigenvalue weighted by Crippen LogP contribution is -2.27. The summed E-state index contributed by atoms with van der Waals surface area (Å²) < 4.78 is 4.52. The van der Waals surface area contributed by atoms with Gasteiger partial charge in [-0.05, 0) is 71.5 Å². The van der Waals surface area contributed by atoms with Crippen LogP contribution in [0.5, 0.6) is 0 Å². The summed E-state index contributed by atoms with van der Waals surface area (Å²) in [6, 6.07) is 33.2. The lowest BCUT2D eigenvalue weighted by molar-refractivity contribution is -0.120. The monoisotopic (exact) mass is 535 g/mol. The van der Waals surface area contributed by atoms with Gasteiger partial charge in [0.15, 0.2) is 0 Å². The molecule has 7 nitrogen and oxygen atoms in total. The number of anilines is 1. The van der Waals surface area contributed by atoms with Crippen LogP contribution in [0, 0.1) is 6.92 Å². The number of para-hydroxylation sites is 1. The Morgan fingerprint density at radius 1 is 0.872 bits per heavy atom. The number of aromatic nitrogens is 2. The summed E-state index contributed by atoms with van der Waals surface area (Å²) in [4.78, 5) is 26.0. The van der Waals surface area contributed by atoms with E-state index in [0.29, 0.717) is 18.8 Å². The van der Waals surface area contributed by atoms with Gasteiger partial charge in [0.05, 0.1) is 17.8 Å². The van der Waals surface area contributed by atoms with Gasteiger partial charge in [-0.2, -0.15) is 5.10 Å². The van der Waals surface area contributed by atoms with Gasteiger partial charge in [0.25, 0.3) is 0 Å². The summed E-state index contributed by atoms with van der Waals surface area (Å²) in [5.74, 6) is 0.604. The van der Waals surface area contributed by atoms with Crippen molar-refractivity contribution in [3.05, 3.63) is 120 Å². The summed E-state index contributed by atoms with van der Waals surface area (Å²) >= 11 is 1.23. The number of benzene rings is 4. The van der Waals surface area contributed by atoms with E-state index in [1.54, 1.807) is 4.68 Å². The number of carbonyl (C=O) groups is 2. The maximum absolute atomic E-state index is 12.5. The summed E-state index contributed by atoms with van der Waals surface area (Å²) in [5, 5.41) is 12.6. The van der Waals surface area contributed by atoms with Gasteiger partial charge < -0.3 is 5.32 Å². The van der Waals surface area contributed by atoms with E-state index in [-0.39, 0.29) is 11.9 Å². The molecular weight excluding hydrogens is 506 g/mol. The van der Waals surface area contributed by atoms with Gasteiger partial charge in [-0.15, -0.1) is 0 Å². The standard InChI is InChI=1S/C31H29N5O2S/c1-22-20-29(36(34-22)26-11-3-2-4-12-26)33-31(38)35-39-27-16-14-23(15-17-27)18-19-32-30(37)21-25-10-7-9-24-8-5-6-13-28(24)25/h2-17,20H,18-19,21H2,1H3,(H,32,37)(H2,33,35,38). The first-order chi connectivity index (χ1) is 19.0. The third-order valence-corrected chi connectivity index (χ3v) is 7.02. The highest BCUT2D eigenvalue weighted by molar-refractivity contribution is 7.98. The number of fused-ring (bicyclic) bond motifs is 1. The first-order valence-electron chi connectivity index (χ1n) is 12.7. The van der Waals surface area contributed by atoms with E-state index in [1.807, 2.05) is 91.9 Å². The molecule has 0 atom stereocenters. The topological polar surface area (TPSA) is 88.0 Å². The van der Waals surface area contributed by atoms with Crippen LogP contribution in [0.2, 0.25) is 0 Å². The number of rotatable bonds is 9. The molecule has 3 N–H and O–H groups in total. The van der Waals surface area contributed by atoms with Crippen LogP contribution in [0.15, 0.2) is 108 Å². The third-order valence-electron chi connectivity index (χ3n) is 6.23. The van der Waals surface area contributed by atoms with Crippen molar-refractivity contribution in [3.8, 4) is 5.69 Å². The maximum Gasteiger partial charge on any atom is 0.330 e. The fraction of sp³-hybridized carbons (Fsp3) is 0.129. The van der Waals surface area contributed by atoms with E-state index >= 15 is 0 Å². The van der Waals surface area contributed by atoms with Crippen LogP contribution >= 0.6 is 11.9 Å². The quantitative estimate of drug-likeness (QED) is 0.200. The highest BCUT2D eigenvalue weighted by Gasteiger charge is 2.11. The molecule has 0 saturated carbocycles. The third kappa shape index (κ3) is 6.86. The summed E-state index contributed by atoms with van der Waals surface area (Å²) in [6.45, 7) is 2.45. The first kappa shape index (κ1) is 26.1. The maximum atomic E-state index is 12.5. The van der Waals surface area contributed by atoms with Crippen LogP contribution in [0.25, 0.3) is 16.5 Å². The molecule has 0 aliphatic heterocycles. The van der Waals surface area contributed by atoms with Crippen molar-refractivity contribution >= 4 is 40.5 Å². The van der Waals surface area contributed by atoms with Gasteiger partial charge in [-0.1, -0.05) is 72.8 Å². The van der Waals surface area contributed by atoms with E-state index in [2.05, 4.69) is 38.7 Å². The predicted octanol–water partition coefficient (Wildman–Crippen LogP) is 6.06. The van der Waals surface area contributed by atoms with Crippen LogP contribution < -0.4 is 15.4 Å². The number of nitrogens with one attached hydrogen (secondary N) is 3. The number of hydrogen-bond acceptors (Lipinski definition) is 4. The van der Waals surface area contributed by atoms with Crippen LogP contribution in [0.4, 0.5) is 10.6 Å². The zero-order valence-electron chi connectivity index (χ0n) is 21.6. The van der Waals surface area contributed by atoms with E-state index in [1.165, 1.54) is 11.9 Å². The zero-order chi connectivity index (χ0) is 27.0. The molecular formula is C31H29N5O2S. The second-order valence-electron chi connectivity index (χ2n) is 9.14. The lowest BCUT2D eigenvalue weighted by atomic mass is 10.0. The highest BCUT2D eigenvalue weighted by atomic mass is 32.2. The molecule has 196 valence electrons. The van der Waals surface area contributed by atoms with Crippen molar-refractivity contribution in [1.82, 2.24) is 19.8 Å². The number of hydrogen-bond donors (Lipinski definition) is 3. The molecule has 1 heterocycles. The van der Waals surface area contributed by atoms with Gasteiger partial charge in [-0.25, -0.2) is 9.48 Å². The van der Waals surface area contributed by atoms with Gasteiger partial charge in [0.1, 0.15) is 5.82 Å². The molecule has 0 bridgehead atoms. The van der Waals surface area contributed by atoms with Crippen LogP contribution in [-0.2, 0) is 17.6 Å². The van der Waals surface area contributed by atoms with Crippen LogP contribution in [0.1, 0.15) is 16.8 Å². The van der Waals surface area contributed by atoms with Crippen molar-refractivity contribution in [2.75, 3.05) is 11.9 Å². The molecule has 5 rings (SSSR count). The van der Waals surface area contributed by atoms with Gasteiger partial charge in [0, 0.05) is 17.5 Å². The Balaban J connectivity index is 1.07. The average molecular weight is 536 g/mol. The minimum absolute atomic E-state index is 0.0116. The second-order valence-corrected chi connectivity index (χ2v) is 10.0. The Morgan fingerprint density at radius 2 is 1.62 bits per heavy atom. The Kier molecular flexibility index (Phi) is 8.23. The minimum Gasteiger partial charge on any atom is -0.355 e. The molecule has 3 amide bonds. The molecule has 4 aromatic carbocycles. The summed E-state index contributed by atoms with van der Waals surface area (Å²) in [7, 11) is 0. The van der Waals surface area contributed by atoms with Crippen molar-refractivity contribution in [2.45, 2.75) is 24.7 Å². The van der Waals surface area contributed by atoms with Crippen LogP contribution in [-0.4, -0.2) is 28.3 Å². The number of carbonyl (C=O) groups excluding carboxylic acids is 2. The molecule has 39 heavy (non-hydrogen) atoms. The minimum atomic E-state index is -0.338. The van der Waals surface area contributed by atoms with Crippen molar-refractivity contribution < 1.29 is 9.59 Å². The molecule has 5 aromatic rings. The highest BCUT2D eigenvalue weighted by Crippen LogP contribution is 2.20. The molecule has 8 heteroatoms. The van der Waals surface area contributed by atoms with E-state index in [9.17, 15) is 9.59 Å². The predicted molar refractivity (Wildman–Crippen MR) is 157 cm³/mol. The molecule has 0 aliphatic carbocycles. The van der Waals surface area contributed by atoms with Crippen LogP contribution in [0.3, 0.4) is 0 Å². The first-order valence-corrected chi connectivity index (χ1v) is 13.5. The number of nitrogens with zero attached hydrogens (tertiary/aromatic N) is 2. The summed E-state index contributed by atoms with van der Waals surface area (Å²) in [6.07, 6.45) is 1.08. The molecule has 0 unspecified atom stereocenters. The Labute approximate surface area is 231 Å². The second kappa shape index (κ2) is 12.3. The van der Waals surface area contributed by atoms with Crippen molar-refractivity contribution in [3.63, 3.8) is 0 Å². The summed E-state index contributed by atoms with van der Waals surface area (Å²) in [5.41, 5.74) is 3.82. The lowest BCUT2D eigenvalue weighted by Gasteiger charge is -2.10. The number of aryl methyl sites for hydroxylation is 1. The Morgan fingerprint density at radius 3 is 2.44 bits per heavy atom. The molecule has 0 spiro atoms. The van der Waals surface area contributed by atoms with Gasteiger partial charge in [-0.3, -0.25) is 14.8 Å². The number of amides is 3. The SMILES string of the molecule is Cc1cc(NC(=O)NSc2ccc(CCNC(=O)Cc3cccc4ccccc34)cc2)n(-c2ccccc2)n1. The fourth-order valence-corrected chi connectivity index (χ4v) is 4.89. The van der Waals surface area contributed by atoms with E-state index in [4.69, 9.17) is 0 Å². The average Bonchev–Trinajstić information content (AvgIpc) is 3.33. The molecule has 0 radical (unpaired) electrons. The van der Waals surface area contributed by atoms with Crippen molar-refractivity contribution in [2.24, 2.45) is 0 Å². The van der Waals surface area contributed by atoms with E-state index < -0.39 is 0 Å².